The zero-order valence-electron chi connectivity index (χ0n) is 15.9. The summed E-state index contributed by atoms with van der Waals surface area (Å²) in [5.74, 6) is 0.857. The number of anilines is 1. The molecular formula is C22H17N7O. The van der Waals surface area contributed by atoms with E-state index < -0.39 is 0 Å². The van der Waals surface area contributed by atoms with E-state index in [2.05, 4.69) is 30.5 Å². The molecule has 4 heterocycles. The van der Waals surface area contributed by atoms with E-state index in [4.69, 9.17) is 4.98 Å². The number of nitrogens with one attached hydrogen (secondary N) is 3. The molecule has 146 valence electrons. The lowest BCUT2D eigenvalue weighted by Crippen LogP contribution is -2.13. The Balaban J connectivity index is 1.40. The van der Waals surface area contributed by atoms with Crippen molar-refractivity contribution in [2.24, 2.45) is 5.92 Å². The number of nitrogens with zero attached hydrogens (tertiary/aromatic N) is 4. The second kappa shape index (κ2) is 6.48. The van der Waals surface area contributed by atoms with Gasteiger partial charge >= 0.3 is 0 Å². The van der Waals surface area contributed by atoms with Gasteiger partial charge in [0.1, 0.15) is 5.52 Å². The van der Waals surface area contributed by atoms with Crippen molar-refractivity contribution in [3.63, 3.8) is 0 Å². The maximum Gasteiger partial charge on any atom is 0.227 e. The number of carbonyl (C=O) groups excluding carboxylic acids is 1. The number of fused-ring (bicyclic) bond motifs is 2. The van der Waals surface area contributed by atoms with Crippen LogP contribution in [0.4, 0.5) is 5.69 Å². The molecule has 0 bridgehead atoms. The van der Waals surface area contributed by atoms with Crippen molar-refractivity contribution in [3.8, 4) is 22.8 Å². The van der Waals surface area contributed by atoms with Crippen LogP contribution in [0.1, 0.15) is 12.8 Å². The van der Waals surface area contributed by atoms with Gasteiger partial charge < -0.3 is 10.3 Å². The minimum atomic E-state index is 0.0550. The van der Waals surface area contributed by atoms with E-state index in [1.165, 1.54) is 0 Å². The second-order valence-corrected chi connectivity index (χ2v) is 7.49. The van der Waals surface area contributed by atoms with Crippen molar-refractivity contribution in [2.45, 2.75) is 12.8 Å². The highest BCUT2D eigenvalue weighted by Crippen LogP contribution is 2.31. The molecule has 0 aliphatic heterocycles. The first-order valence-electron chi connectivity index (χ1n) is 9.81. The highest BCUT2D eigenvalue weighted by molar-refractivity contribution is 5.95. The molecule has 6 rings (SSSR count). The fourth-order valence-corrected chi connectivity index (χ4v) is 3.53. The van der Waals surface area contributed by atoms with Gasteiger partial charge in [-0.15, -0.1) is 0 Å². The Morgan fingerprint density at radius 3 is 2.80 bits per heavy atom. The molecule has 8 nitrogen and oxygen atoms in total. The van der Waals surface area contributed by atoms with Gasteiger partial charge in [-0.1, -0.05) is 12.1 Å². The third kappa shape index (κ3) is 2.89. The number of H-pyrrole nitrogens is 2. The summed E-state index contributed by atoms with van der Waals surface area (Å²) >= 11 is 0. The molecule has 1 amide bonds. The number of aromatic nitrogens is 6. The molecule has 30 heavy (non-hydrogen) atoms. The van der Waals surface area contributed by atoms with Crippen molar-refractivity contribution < 1.29 is 4.79 Å². The van der Waals surface area contributed by atoms with Gasteiger partial charge in [0.25, 0.3) is 0 Å². The van der Waals surface area contributed by atoms with Crippen LogP contribution in [-0.4, -0.2) is 36.0 Å². The average molecular weight is 395 g/mol. The van der Waals surface area contributed by atoms with Crippen molar-refractivity contribution in [1.82, 2.24) is 30.1 Å². The number of hydrogen-bond acceptors (Lipinski definition) is 5. The van der Waals surface area contributed by atoms with E-state index in [1.54, 1.807) is 12.4 Å². The third-order valence-electron chi connectivity index (χ3n) is 5.27. The van der Waals surface area contributed by atoms with Crippen LogP contribution in [-0.2, 0) is 4.79 Å². The Morgan fingerprint density at radius 2 is 1.93 bits per heavy atom. The van der Waals surface area contributed by atoms with E-state index in [0.29, 0.717) is 17.2 Å². The molecule has 0 saturated heterocycles. The molecule has 1 fully saturated rings. The molecule has 3 N–H and O–H groups in total. The molecule has 5 aromatic rings. The van der Waals surface area contributed by atoms with Gasteiger partial charge in [0.05, 0.1) is 34.1 Å². The molecule has 1 aromatic carbocycles. The van der Waals surface area contributed by atoms with Gasteiger partial charge in [-0.25, -0.2) is 9.97 Å². The molecule has 0 radical (unpaired) electrons. The van der Waals surface area contributed by atoms with Crippen LogP contribution in [0.5, 0.6) is 0 Å². The maximum absolute atomic E-state index is 12.1. The van der Waals surface area contributed by atoms with E-state index >= 15 is 0 Å². The SMILES string of the molecule is O=C(Nc1cncc(-c2ccc3[nH]nc(-c4nc5ccccc5[nH]4)c3n2)c1)C1CC1. The molecule has 1 aliphatic carbocycles. The summed E-state index contributed by atoms with van der Waals surface area (Å²) in [6, 6.07) is 13.6. The lowest BCUT2D eigenvalue weighted by molar-refractivity contribution is -0.117. The molecule has 0 spiro atoms. The lowest BCUT2D eigenvalue weighted by Gasteiger charge is -2.06. The predicted molar refractivity (Wildman–Crippen MR) is 114 cm³/mol. The first-order valence-corrected chi connectivity index (χ1v) is 9.81. The van der Waals surface area contributed by atoms with Crippen LogP contribution in [0, 0.1) is 5.92 Å². The molecule has 8 heteroatoms. The fraction of sp³-hybridized carbons (Fsp3) is 0.136. The van der Waals surface area contributed by atoms with E-state index in [1.807, 2.05) is 42.5 Å². The summed E-state index contributed by atoms with van der Waals surface area (Å²) in [6.45, 7) is 0. The fourth-order valence-electron chi connectivity index (χ4n) is 3.53. The Morgan fingerprint density at radius 1 is 1.03 bits per heavy atom. The van der Waals surface area contributed by atoms with Crippen molar-refractivity contribution >= 4 is 33.7 Å². The van der Waals surface area contributed by atoms with E-state index in [0.717, 1.165) is 46.2 Å². The number of pyridine rings is 2. The minimum absolute atomic E-state index is 0.0550. The van der Waals surface area contributed by atoms with Gasteiger partial charge in [0, 0.05) is 17.7 Å². The highest BCUT2D eigenvalue weighted by Gasteiger charge is 2.29. The number of amides is 1. The first kappa shape index (κ1) is 16.8. The third-order valence-corrected chi connectivity index (χ3v) is 5.27. The van der Waals surface area contributed by atoms with Crippen molar-refractivity contribution in [2.75, 3.05) is 5.32 Å². The Hall–Kier alpha value is -4.07. The summed E-state index contributed by atoms with van der Waals surface area (Å²) in [7, 11) is 0. The quantitative estimate of drug-likeness (QED) is 0.427. The van der Waals surface area contributed by atoms with Crippen LogP contribution >= 0.6 is 0 Å². The standard InChI is InChI=1S/C22H17N7O/c30-22(12-5-6-12)24-14-9-13(10-23-11-14)15-7-8-18-19(25-15)20(29-28-18)21-26-16-3-1-2-4-17(16)27-21/h1-4,7-12H,5-6H2,(H,24,30)(H,26,27)(H,28,29). The normalized spacial score (nSPS) is 13.7. The number of benzene rings is 1. The van der Waals surface area contributed by atoms with Crippen LogP contribution in [0.25, 0.3) is 44.8 Å². The van der Waals surface area contributed by atoms with Crippen molar-refractivity contribution in [3.05, 3.63) is 54.9 Å². The van der Waals surface area contributed by atoms with Gasteiger partial charge in [-0.05, 0) is 43.2 Å². The maximum atomic E-state index is 12.1. The molecule has 1 aliphatic rings. The zero-order valence-corrected chi connectivity index (χ0v) is 15.9. The molecule has 0 atom stereocenters. The first-order chi connectivity index (χ1) is 14.7. The van der Waals surface area contributed by atoms with Gasteiger partial charge in [-0.2, -0.15) is 5.10 Å². The lowest BCUT2D eigenvalue weighted by atomic mass is 10.1. The Bertz CT molecular complexity index is 1380. The van der Waals surface area contributed by atoms with Gasteiger partial charge in [0.2, 0.25) is 5.91 Å². The summed E-state index contributed by atoms with van der Waals surface area (Å²) in [5.41, 5.74) is 6.27. The van der Waals surface area contributed by atoms with Crippen LogP contribution in [0.2, 0.25) is 0 Å². The predicted octanol–water partition coefficient (Wildman–Crippen LogP) is 3.91. The van der Waals surface area contributed by atoms with E-state index in [-0.39, 0.29) is 11.8 Å². The summed E-state index contributed by atoms with van der Waals surface area (Å²) in [4.78, 5) is 29.1. The minimum Gasteiger partial charge on any atom is -0.337 e. The second-order valence-electron chi connectivity index (χ2n) is 7.49. The van der Waals surface area contributed by atoms with Gasteiger partial charge in [-0.3, -0.25) is 14.9 Å². The summed E-state index contributed by atoms with van der Waals surface area (Å²) in [5, 5.41) is 10.4. The summed E-state index contributed by atoms with van der Waals surface area (Å²) in [6.07, 6.45) is 5.31. The Labute approximate surface area is 170 Å². The van der Waals surface area contributed by atoms with Gasteiger partial charge in [0.15, 0.2) is 11.5 Å². The van der Waals surface area contributed by atoms with Crippen molar-refractivity contribution in [1.29, 1.82) is 0 Å². The largest absolute Gasteiger partial charge is 0.337 e. The average Bonchev–Trinajstić information content (AvgIpc) is 3.40. The summed E-state index contributed by atoms with van der Waals surface area (Å²) < 4.78 is 0. The number of para-hydroxylation sites is 2. The van der Waals surface area contributed by atoms with Crippen LogP contribution in [0.15, 0.2) is 54.9 Å². The highest BCUT2D eigenvalue weighted by atomic mass is 16.2. The Kier molecular flexibility index (Phi) is 3.64. The number of aromatic amines is 2. The smallest absolute Gasteiger partial charge is 0.227 e. The number of hydrogen-bond donors (Lipinski definition) is 3. The number of imidazole rings is 1. The number of rotatable bonds is 4. The van der Waals surface area contributed by atoms with Crippen LogP contribution in [0.3, 0.4) is 0 Å². The zero-order chi connectivity index (χ0) is 20.1. The van der Waals surface area contributed by atoms with Crippen LogP contribution < -0.4 is 5.32 Å². The topological polar surface area (TPSA) is 112 Å². The molecule has 4 aromatic heterocycles. The van der Waals surface area contributed by atoms with E-state index in [9.17, 15) is 4.79 Å². The molecule has 0 unspecified atom stereocenters. The monoisotopic (exact) mass is 395 g/mol. The molecule has 1 saturated carbocycles. The molecular weight excluding hydrogens is 378 g/mol. The number of carbonyl (C=O) groups is 1.